The number of quaternary nitrogens is 1. The van der Waals surface area contributed by atoms with Crippen LogP contribution in [0, 0.1) is 13.8 Å². The minimum atomic E-state index is 0.0873. The molecule has 0 spiro atoms. The number of aryl methyl sites for hydroxylation is 2. The maximum atomic E-state index is 13.1. The van der Waals surface area contributed by atoms with Crippen LogP contribution in [0.2, 0.25) is 0 Å². The van der Waals surface area contributed by atoms with Crippen LogP contribution in [-0.2, 0) is 4.79 Å². The standard InChI is InChI=1S/C20H32N2O.2C2H6/c1-5-11-18(22(6-2)14-8-7-9-15-22)20(23)21-19-16(3)12-10-13-17(19)4;2*1-2/h10,12-13,18H,5-9,11,14-15H2,1-4H3;2*1-2H3/p+1. The summed E-state index contributed by atoms with van der Waals surface area (Å²) in [6, 6.07) is 6.28. The maximum absolute atomic E-state index is 13.1. The lowest BCUT2D eigenvalue weighted by Gasteiger charge is -2.46. The number of rotatable bonds is 6. The number of likely N-dealkylation sites (N-methyl/N-ethyl adjacent to an activating group) is 1. The number of hydrogen-bond donors (Lipinski definition) is 1. The van der Waals surface area contributed by atoms with Crippen LogP contribution in [0.3, 0.4) is 0 Å². The van der Waals surface area contributed by atoms with E-state index in [1.54, 1.807) is 0 Å². The van der Waals surface area contributed by atoms with Crippen LogP contribution in [0.1, 0.15) is 84.8 Å². The van der Waals surface area contributed by atoms with Gasteiger partial charge >= 0.3 is 0 Å². The first kappa shape index (κ1) is 25.6. The number of para-hydroxylation sites is 1. The second-order valence-electron chi connectivity index (χ2n) is 7.10. The molecular weight excluding hydrogens is 332 g/mol. The molecule has 3 heteroatoms. The lowest BCUT2D eigenvalue weighted by Crippen LogP contribution is -2.61. The summed E-state index contributed by atoms with van der Waals surface area (Å²) < 4.78 is 0.977. The number of hydrogen-bond acceptors (Lipinski definition) is 1. The molecule has 2 rings (SSSR count). The Morgan fingerprint density at radius 1 is 1.00 bits per heavy atom. The Morgan fingerprint density at radius 3 is 1.96 bits per heavy atom. The van der Waals surface area contributed by atoms with Crippen molar-refractivity contribution in [2.45, 2.75) is 93.5 Å². The smallest absolute Gasteiger partial charge is 0.282 e. The molecule has 0 bridgehead atoms. The fourth-order valence-electron chi connectivity index (χ4n) is 4.14. The van der Waals surface area contributed by atoms with E-state index in [-0.39, 0.29) is 11.9 Å². The molecule has 1 aromatic carbocycles. The van der Waals surface area contributed by atoms with E-state index in [1.165, 1.54) is 19.3 Å². The van der Waals surface area contributed by atoms with Crippen molar-refractivity contribution in [3.05, 3.63) is 29.3 Å². The highest BCUT2D eigenvalue weighted by Crippen LogP contribution is 2.27. The Bertz CT molecular complexity index is 513. The number of benzene rings is 1. The lowest BCUT2D eigenvalue weighted by molar-refractivity contribution is -0.945. The Hall–Kier alpha value is -1.35. The van der Waals surface area contributed by atoms with Crippen LogP contribution in [-0.4, -0.2) is 36.1 Å². The molecule has 1 fully saturated rings. The van der Waals surface area contributed by atoms with E-state index in [0.717, 1.165) is 53.8 Å². The fraction of sp³-hybridized carbons (Fsp3) is 0.708. The number of likely N-dealkylation sites (tertiary alicyclic amines) is 1. The van der Waals surface area contributed by atoms with Gasteiger partial charge in [0.05, 0.1) is 19.6 Å². The molecule has 1 aromatic rings. The number of piperidine rings is 1. The van der Waals surface area contributed by atoms with Crippen molar-refractivity contribution < 1.29 is 9.28 Å². The quantitative estimate of drug-likeness (QED) is 0.564. The van der Waals surface area contributed by atoms with Gasteiger partial charge in [-0.05, 0) is 57.6 Å². The van der Waals surface area contributed by atoms with Crippen molar-refractivity contribution in [2.75, 3.05) is 25.0 Å². The highest BCUT2D eigenvalue weighted by atomic mass is 16.2. The van der Waals surface area contributed by atoms with Gasteiger partial charge in [-0.1, -0.05) is 52.8 Å². The summed E-state index contributed by atoms with van der Waals surface area (Å²) in [4.78, 5) is 13.1. The average molecular weight is 378 g/mol. The first-order chi connectivity index (χ1) is 13.0. The van der Waals surface area contributed by atoms with Crippen molar-refractivity contribution in [2.24, 2.45) is 0 Å². The molecule has 1 unspecified atom stereocenters. The molecule has 0 saturated carbocycles. The van der Waals surface area contributed by atoms with Gasteiger partial charge < -0.3 is 9.80 Å². The molecule has 1 aliphatic rings. The van der Waals surface area contributed by atoms with E-state index < -0.39 is 0 Å². The number of nitrogens with one attached hydrogen (secondary N) is 1. The fourth-order valence-corrected chi connectivity index (χ4v) is 4.14. The molecule has 1 heterocycles. The van der Waals surface area contributed by atoms with Gasteiger partial charge in [0.1, 0.15) is 0 Å². The number of carbonyl (C=O) groups is 1. The first-order valence-corrected chi connectivity index (χ1v) is 11.3. The van der Waals surface area contributed by atoms with Crippen LogP contribution in [0.25, 0.3) is 0 Å². The number of nitrogens with zero attached hydrogens (tertiary/aromatic N) is 1. The van der Waals surface area contributed by atoms with Gasteiger partial charge in [0.15, 0.2) is 6.04 Å². The third kappa shape index (κ3) is 6.95. The molecule has 156 valence electrons. The Balaban J connectivity index is 0.00000158. The number of anilines is 1. The number of amides is 1. The zero-order chi connectivity index (χ0) is 20.9. The predicted octanol–water partition coefficient (Wildman–Crippen LogP) is 6.48. The van der Waals surface area contributed by atoms with Crippen LogP contribution >= 0.6 is 0 Å². The second kappa shape index (κ2) is 13.8. The van der Waals surface area contributed by atoms with Gasteiger partial charge in [0.25, 0.3) is 5.91 Å². The first-order valence-electron chi connectivity index (χ1n) is 11.3. The molecule has 1 saturated heterocycles. The van der Waals surface area contributed by atoms with Crippen LogP contribution in [0.4, 0.5) is 5.69 Å². The van der Waals surface area contributed by atoms with Crippen molar-refractivity contribution in [1.82, 2.24) is 0 Å². The van der Waals surface area contributed by atoms with Gasteiger partial charge in [0.2, 0.25) is 0 Å². The average Bonchev–Trinajstić information content (AvgIpc) is 2.72. The Morgan fingerprint density at radius 2 is 1.52 bits per heavy atom. The zero-order valence-corrected chi connectivity index (χ0v) is 19.3. The van der Waals surface area contributed by atoms with E-state index in [4.69, 9.17) is 0 Å². The maximum Gasteiger partial charge on any atom is 0.282 e. The topological polar surface area (TPSA) is 29.1 Å². The summed E-state index contributed by atoms with van der Waals surface area (Å²) in [6.07, 6.45) is 5.86. The molecule has 1 aliphatic heterocycles. The van der Waals surface area contributed by atoms with E-state index in [1.807, 2.05) is 27.7 Å². The summed E-state index contributed by atoms with van der Waals surface area (Å²) in [7, 11) is 0. The number of carbonyl (C=O) groups excluding carboxylic acids is 1. The summed E-state index contributed by atoms with van der Waals surface area (Å²) in [5, 5.41) is 3.27. The molecule has 1 atom stereocenters. The SMILES string of the molecule is CC.CC.CCCC(C(=O)Nc1c(C)cccc1C)[N+]1(CC)CCCCC1. The molecular formula is C24H45N2O+. The molecule has 0 radical (unpaired) electrons. The predicted molar refractivity (Wildman–Crippen MR) is 120 cm³/mol. The summed E-state index contributed by atoms with van der Waals surface area (Å²) in [5.41, 5.74) is 3.30. The third-order valence-corrected chi connectivity index (χ3v) is 5.59. The minimum absolute atomic E-state index is 0.0873. The molecule has 0 aliphatic carbocycles. The minimum Gasteiger partial charge on any atom is -0.320 e. The summed E-state index contributed by atoms with van der Waals surface area (Å²) in [6.45, 7) is 20.0. The highest BCUT2D eigenvalue weighted by molar-refractivity contribution is 5.95. The van der Waals surface area contributed by atoms with Gasteiger partial charge in [-0.2, -0.15) is 0 Å². The zero-order valence-electron chi connectivity index (χ0n) is 19.3. The molecule has 27 heavy (non-hydrogen) atoms. The molecule has 1 N–H and O–H groups in total. The van der Waals surface area contributed by atoms with Gasteiger partial charge in [0, 0.05) is 12.1 Å². The van der Waals surface area contributed by atoms with Crippen LogP contribution in [0.15, 0.2) is 18.2 Å². The van der Waals surface area contributed by atoms with Crippen molar-refractivity contribution >= 4 is 11.6 Å². The normalized spacial score (nSPS) is 16.1. The van der Waals surface area contributed by atoms with E-state index in [0.29, 0.717) is 0 Å². The summed E-state index contributed by atoms with van der Waals surface area (Å²) in [5.74, 6) is 0.216. The molecule has 1 amide bonds. The van der Waals surface area contributed by atoms with E-state index in [9.17, 15) is 4.79 Å². The monoisotopic (exact) mass is 377 g/mol. The third-order valence-electron chi connectivity index (χ3n) is 5.59. The largest absolute Gasteiger partial charge is 0.320 e. The van der Waals surface area contributed by atoms with Crippen LogP contribution in [0.5, 0.6) is 0 Å². The van der Waals surface area contributed by atoms with Gasteiger partial charge in [-0.15, -0.1) is 0 Å². The highest BCUT2D eigenvalue weighted by Gasteiger charge is 2.41. The van der Waals surface area contributed by atoms with E-state index in [2.05, 4.69) is 51.2 Å². The Labute approximate surface area is 169 Å². The molecule has 3 nitrogen and oxygen atoms in total. The second-order valence-corrected chi connectivity index (χ2v) is 7.10. The van der Waals surface area contributed by atoms with Crippen molar-refractivity contribution in [3.63, 3.8) is 0 Å². The molecule has 0 aromatic heterocycles. The van der Waals surface area contributed by atoms with Gasteiger partial charge in [-0.3, -0.25) is 4.79 Å². The Kier molecular flexibility index (Phi) is 13.1. The van der Waals surface area contributed by atoms with E-state index >= 15 is 0 Å². The summed E-state index contributed by atoms with van der Waals surface area (Å²) >= 11 is 0. The van der Waals surface area contributed by atoms with Crippen LogP contribution < -0.4 is 5.32 Å². The van der Waals surface area contributed by atoms with Crippen molar-refractivity contribution in [3.8, 4) is 0 Å². The lowest BCUT2D eigenvalue weighted by atomic mass is 9.98. The van der Waals surface area contributed by atoms with Crippen molar-refractivity contribution in [1.29, 1.82) is 0 Å². The van der Waals surface area contributed by atoms with Gasteiger partial charge in [-0.25, -0.2) is 0 Å².